The minimum atomic E-state index is -4.16. The normalized spacial score (nSPS) is 11.7. The molecule has 6 nitrogen and oxygen atoms in total. The summed E-state index contributed by atoms with van der Waals surface area (Å²) in [6.07, 6.45) is 0. The number of benzene rings is 1. The van der Waals surface area contributed by atoms with Crippen LogP contribution in [0.4, 0.5) is 8.78 Å². The Balaban J connectivity index is 2.71. The van der Waals surface area contributed by atoms with Gasteiger partial charge < -0.3 is 14.6 Å². The van der Waals surface area contributed by atoms with E-state index in [0.717, 1.165) is 0 Å². The minimum Gasteiger partial charge on any atom is -0.477 e. The molecule has 0 bridgehead atoms. The molecule has 0 aliphatic rings. The molecule has 1 aromatic carbocycles. The molecule has 8 heteroatoms. The second-order valence-corrected chi connectivity index (χ2v) is 5.66. The highest BCUT2D eigenvalue weighted by Gasteiger charge is 2.40. The lowest BCUT2D eigenvalue weighted by Gasteiger charge is -2.19. The molecule has 0 amide bonds. The molecule has 0 unspecified atom stereocenters. The summed E-state index contributed by atoms with van der Waals surface area (Å²) < 4.78 is 35.0. The van der Waals surface area contributed by atoms with Crippen molar-refractivity contribution >= 4 is 17.9 Å². The zero-order valence-electron chi connectivity index (χ0n) is 12.8. The molecule has 126 valence electrons. The van der Waals surface area contributed by atoms with Crippen molar-refractivity contribution in [3.63, 3.8) is 0 Å². The van der Waals surface area contributed by atoms with Crippen LogP contribution in [0.1, 0.15) is 41.5 Å². The first kappa shape index (κ1) is 18.5. The van der Waals surface area contributed by atoms with Crippen LogP contribution in [-0.4, -0.2) is 41.1 Å². The number of carboxylic acid groups (broad SMARTS) is 1. The Hall–Kier alpha value is -2.51. The number of carboxylic acids is 1. The van der Waals surface area contributed by atoms with Gasteiger partial charge in [-0.15, -0.1) is 0 Å². The van der Waals surface area contributed by atoms with Crippen molar-refractivity contribution in [3.8, 4) is 0 Å². The van der Waals surface area contributed by atoms with Crippen LogP contribution in [0.25, 0.3) is 0 Å². The highest BCUT2D eigenvalue weighted by Crippen LogP contribution is 2.16. The van der Waals surface area contributed by atoms with Crippen LogP contribution < -0.4 is 0 Å². The van der Waals surface area contributed by atoms with Gasteiger partial charge in [-0.1, -0.05) is 0 Å². The summed E-state index contributed by atoms with van der Waals surface area (Å²) in [4.78, 5) is 33.5. The summed E-state index contributed by atoms with van der Waals surface area (Å²) in [5, 5.41) is 8.22. The van der Waals surface area contributed by atoms with Gasteiger partial charge in [0.1, 0.15) is 5.60 Å². The number of alkyl halides is 2. The second-order valence-electron chi connectivity index (χ2n) is 5.66. The van der Waals surface area contributed by atoms with E-state index in [-0.39, 0.29) is 11.1 Å². The first-order valence-electron chi connectivity index (χ1n) is 6.54. The molecule has 0 aliphatic heterocycles. The third kappa shape index (κ3) is 5.65. The Morgan fingerprint density at radius 3 is 1.83 bits per heavy atom. The van der Waals surface area contributed by atoms with Crippen LogP contribution in [0.2, 0.25) is 0 Å². The largest absolute Gasteiger partial charge is 0.477 e. The Morgan fingerprint density at radius 2 is 1.43 bits per heavy atom. The fraction of sp³-hybridized carbons (Fsp3) is 0.400. The summed E-state index contributed by atoms with van der Waals surface area (Å²) in [6.45, 7) is 3.51. The Bertz CT molecular complexity index is 601. The topological polar surface area (TPSA) is 89.9 Å². The van der Waals surface area contributed by atoms with Crippen LogP contribution in [0.15, 0.2) is 24.3 Å². The molecular formula is C15H16F2O6. The molecular weight excluding hydrogens is 314 g/mol. The molecule has 0 heterocycles. The number of aliphatic carboxylic acids is 1. The molecule has 0 spiro atoms. The molecule has 0 saturated carbocycles. The minimum absolute atomic E-state index is 0.0986. The second kappa shape index (κ2) is 6.72. The third-order valence-electron chi connectivity index (χ3n) is 2.45. The molecule has 0 aromatic heterocycles. The van der Waals surface area contributed by atoms with Crippen molar-refractivity contribution in [3.05, 3.63) is 35.4 Å². The van der Waals surface area contributed by atoms with Gasteiger partial charge in [0.25, 0.3) is 0 Å². The lowest BCUT2D eigenvalue weighted by molar-refractivity contribution is -0.170. The first-order valence-corrected chi connectivity index (χ1v) is 6.54. The number of rotatable bonds is 5. The van der Waals surface area contributed by atoms with Crippen LogP contribution in [0.5, 0.6) is 0 Å². The van der Waals surface area contributed by atoms with Gasteiger partial charge in [0.15, 0.2) is 6.61 Å². The van der Waals surface area contributed by atoms with Gasteiger partial charge in [0, 0.05) is 0 Å². The maximum atomic E-state index is 12.8. The molecule has 0 fully saturated rings. The molecule has 1 rings (SSSR count). The number of carbonyl (C=O) groups excluding carboxylic acids is 2. The van der Waals surface area contributed by atoms with Gasteiger partial charge in [0.05, 0.1) is 11.1 Å². The smallest absolute Gasteiger partial charge is 0.378 e. The zero-order chi connectivity index (χ0) is 17.8. The average Bonchev–Trinajstić information content (AvgIpc) is 2.43. The van der Waals surface area contributed by atoms with Gasteiger partial charge in [0.2, 0.25) is 0 Å². The monoisotopic (exact) mass is 330 g/mol. The lowest BCUT2D eigenvalue weighted by Crippen LogP contribution is -2.34. The van der Waals surface area contributed by atoms with E-state index in [4.69, 9.17) is 9.84 Å². The Kier molecular flexibility index (Phi) is 5.42. The number of carbonyl (C=O) groups is 3. The van der Waals surface area contributed by atoms with Gasteiger partial charge >= 0.3 is 23.8 Å². The Morgan fingerprint density at radius 1 is 1.00 bits per heavy atom. The third-order valence-corrected chi connectivity index (χ3v) is 2.45. The van der Waals surface area contributed by atoms with Crippen LogP contribution in [-0.2, 0) is 14.3 Å². The number of hydrogen-bond acceptors (Lipinski definition) is 5. The van der Waals surface area contributed by atoms with Crippen molar-refractivity contribution in [2.45, 2.75) is 32.3 Å². The highest BCUT2D eigenvalue weighted by atomic mass is 19.3. The van der Waals surface area contributed by atoms with Crippen molar-refractivity contribution < 1.29 is 37.7 Å². The maximum Gasteiger partial charge on any atom is 0.378 e. The van der Waals surface area contributed by atoms with Gasteiger partial charge in [-0.2, -0.15) is 8.78 Å². The molecule has 0 atom stereocenters. The fourth-order valence-corrected chi connectivity index (χ4v) is 1.38. The SMILES string of the molecule is CC(C)(C)OC(=O)c1ccc(C(=O)OCC(F)(F)C(=O)O)cc1. The number of esters is 2. The van der Waals surface area contributed by atoms with Crippen LogP contribution >= 0.6 is 0 Å². The maximum absolute atomic E-state index is 12.8. The Labute approximate surface area is 131 Å². The van der Waals surface area contributed by atoms with E-state index < -0.39 is 36.0 Å². The van der Waals surface area contributed by atoms with E-state index in [9.17, 15) is 23.2 Å². The molecule has 1 aromatic rings. The summed E-state index contributed by atoms with van der Waals surface area (Å²) in [5.41, 5.74) is -0.609. The van der Waals surface area contributed by atoms with E-state index in [0.29, 0.717) is 0 Å². The molecule has 23 heavy (non-hydrogen) atoms. The quantitative estimate of drug-likeness (QED) is 0.834. The van der Waals surface area contributed by atoms with Gasteiger partial charge in [-0.25, -0.2) is 14.4 Å². The van der Waals surface area contributed by atoms with Gasteiger partial charge in [-0.3, -0.25) is 0 Å². The van der Waals surface area contributed by atoms with E-state index in [2.05, 4.69) is 4.74 Å². The highest BCUT2D eigenvalue weighted by molar-refractivity contribution is 5.93. The van der Waals surface area contributed by atoms with Crippen molar-refractivity contribution in [1.29, 1.82) is 0 Å². The van der Waals surface area contributed by atoms with Crippen molar-refractivity contribution in [2.75, 3.05) is 6.61 Å². The van der Waals surface area contributed by atoms with Gasteiger partial charge in [-0.05, 0) is 45.0 Å². The summed E-state index contributed by atoms with van der Waals surface area (Å²) in [7, 11) is 0. The predicted octanol–water partition coefficient (Wildman–Crippen LogP) is 2.52. The lowest BCUT2D eigenvalue weighted by atomic mass is 10.1. The van der Waals surface area contributed by atoms with E-state index >= 15 is 0 Å². The average molecular weight is 330 g/mol. The molecule has 0 saturated heterocycles. The van der Waals surface area contributed by atoms with E-state index in [1.165, 1.54) is 24.3 Å². The molecule has 0 radical (unpaired) electrons. The van der Waals surface area contributed by atoms with Crippen molar-refractivity contribution in [1.82, 2.24) is 0 Å². The fourth-order valence-electron chi connectivity index (χ4n) is 1.38. The zero-order valence-corrected chi connectivity index (χ0v) is 12.8. The van der Waals surface area contributed by atoms with E-state index in [1.807, 2.05) is 0 Å². The molecule has 0 aliphatic carbocycles. The number of ether oxygens (including phenoxy) is 2. The number of hydrogen-bond donors (Lipinski definition) is 1. The summed E-state index contributed by atoms with van der Waals surface area (Å²) >= 11 is 0. The van der Waals surface area contributed by atoms with Crippen LogP contribution in [0.3, 0.4) is 0 Å². The molecule has 1 N–H and O–H groups in total. The standard InChI is InChI=1S/C15H16F2O6/c1-14(2,3)23-12(19)10-6-4-9(5-7-10)11(18)22-8-15(16,17)13(20)21/h4-7H,8H2,1-3H3,(H,20,21). The summed E-state index contributed by atoms with van der Waals surface area (Å²) in [5.74, 6) is -8.27. The first-order chi connectivity index (χ1) is 10.4. The number of halogens is 2. The summed E-state index contributed by atoms with van der Waals surface area (Å²) in [6, 6.07) is 4.95. The predicted molar refractivity (Wildman–Crippen MR) is 74.5 cm³/mol. The van der Waals surface area contributed by atoms with E-state index in [1.54, 1.807) is 20.8 Å². The van der Waals surface area contributed by atoms with Crippen molar-refractivity contribution in [2.24, 2.45) is 0 Å². The van der Waals surface area contributed by atoms with Crippen LogP contribution in [0, 0.1) is 0 Å².